The van der Waals surface area contributed by atoms with Crippen molar-refractivity contribution in [3.8, 4) is 0 Å². The quantitative estimate of drug-likeness (QED) is 0.722. The van der Waals surface area contributed by atoms with Crippen molar-refractivity contribution in [3.63, 3.8) is 0 Å². The lowest BCUT2D eigenvalue weighted by molar-refractivity contribution is -0.119. The van der Waals surface area contributed by atoms with E-state index in [1.165, 1.54) is 25.2 Å². The summed E-state index contributed by atoms with van der Waals surface area (Å²) in [5, 5.41) is 6.86. The largest absolute Gasteiger partial charge is 0.451 e. The van der Waals surface area contributed by atoms with Gasteiger partial charge in [0.05, 0.1) is 11.1 Å². The van der Waals surface area contributed by atoms with Gasteiger partial charge in [-0.25, -0.2) is 13.9 Å². The van der Waals surface area contributed by atoms with Gasteiger partial charge in [0.2, 0.25) is 0 Å². The summed E-state index contributed by atoms with van der Waals surface area (Å²) >= 11 is 0. The number of hydrogen-bond acceptors (Lipinski definition) is 5. The van der Waals surface area contributed by atoms with Crippen molar-refractivity contribution < 1.29 is 18.7 Å². The maximum Gasteiger partial charge on any atom is 0.359 e. The molecule has 0 spiro atoms. The average Bonchev–Trinajstić information content (AvgIpc) is 2.64. The maximum absolute atomic E-state index is 13.5. The highest BCUT2D eigenvalue weighted by Crippen LogP contribution is 2.15. The summed E-state index contributed by atoms with van der Waals surface area (Å²) in [6, 6.07) is 12.1. The molecule has 8 heteroatoms. The van der Waals surface area contributed by atoms with E-state index in [-0.39, 0.29) is 16.9 Å². The first kappa shape index (κ1) is 17.3. The van der Waals surface area contributed by atoms with Crippen molar-refractivity contribution in [1.82, 2.24) is 9.78 Å². The number of ether oxygens (including phenoxy) is 1. The van der Waals surface area contributed by atoms with Gasteiger partial charge in [0.15, 0.2) is 12.3 Å². The van der Waals surface area contributed by atoms with Crippen LogP contribution in [0.5, 0.6) is 0 Å². The lowest BCUT2D eigenvalue weighted by Gasteiger charge is -2.09. The Morgan fingerprint density at radius 3 is 2.50 bits per heavy atom. The first-order chi connectivity index (χ1) is 12.5. The van der Waals surface area contributed by atoms with E-state index in [9.17, 15) is 18.8 Å². The number of benzene rings is 2. The summed E-state index contributed by atoms with van der Waals surface area (Å²) in [5.74, 6) is -2.16. The summed E-state index contributed by atoms with van der Waals surface area (Å²) in [4.78, 5) is 36.2. The SMILES string of the molecule is Cn1nc(C(=O)OCC(=O)Nc2ccccc2F)c2ccccc2c1=O. The number of aryl methyl sites for hydroxylation is 1. The molecule has 3 rings (SSSR count). The van der Waals surface area contributed by atoms with Crippen molar-refractivity contribution in [2.75, 3.05) is 11.9 Å². The van der Waals surface area contributed by atoms with Crippen molar-refractivity contribution in [1.29, 1.82) is 0 Å². The average molecular weight is 355 g/mol. The fourth-order valence-electron chi connectivity index (χ4n) is 2.40. The van der Waals surface area contributed by atoms with Crippen LogP contribution in [-0.2, 0) is 16.6 Å². The molecular formula is C18H14FN3O4. The second-order valence-corrected chi connectivity index (χ2v) is 5.43. The third-order valence-electron chi connectivity index (χ3n) is 3.63. The Hall–Kier alpha value is -3.55. The van der Waals surface area contributed by atoms with Gasteiger partial charge in [0.1, 0.15) is 5.82 Å². The maximum atomic E-state index is 13.5. The summed E-state index contributed by atoms with van der Waals surface area (Å²) in [6.45, 7) is -0.619. The standard InChI is InChI=1S/C18H14FN3O4/c1-22-17(24)12-7-3-2-6-11(12)16(21-22)18(25)26-10-15(23)20-14-9-5-4-8-13(14)19/h2-9H,10H2,1H3,(H,20,23). The molecule has 1 heterocycles. The van der Waals surface area contributed by atoms with Gasteiger partial charge < -0.3 is 10.1 Å². The van der Waals surface area contributed by atoms with Gasteiger partial charge in [0.25, 0.3) is 11.5 Å². The van der Waals surface area contributed by atoms with Gasteiger partial charge in [-0.3, -0.25) is 9.59 Å². The minimum atomic E-state index is -0.861. The number of fused-ring (bicyclic) bond motifs is 1. The minimum Gasteiger partial charge on any atom is -0.451 e. The Balaban J connectivity index is 1.76. The Morgan fingerprint density at radius 2 is 1.77 bits per heavy atom. The van der Waals surface area contributed by atoms with Gasteiger partial charge >= 0.3 is 5.97 Å². The van der Waals surface area contributed by atoms with E-state index in [4.69, 9.17) is 4.74 Å². The monoisotopic (exact) mass is 355 g/mol. The van der Waals surface area contributed by atoms with E-state index in [2.05, 4.69) is 10.4 Å². The minimum absolute atomic E-state index is 0.0146. The first-order valence-corrected chi connectivity index (χ1v) is 7.65. The molecule has 132 valence electrons. The van der Waals surface area contributed by atoms with Gasteiger partial charge in [-0.05, 0) is 18.2 Å². The van der Waals surface area contributed by atoms with Crippen LogP contribution in [0.15, 0.2) is 53.3 Å². The predicted octanol–water partition coefficient (Wildman–Crippen LogP) is 1.87. The van der Waals surface area contributed by atoms with Crippen molar-refractivity contribution in [2.45, 2.75) is 0 Å². The van der Waals surface area contributed by atoms with Crippen LogP contribution in [0.4, 0.5) is 10.1 Å². The molecule has 1 N–H and O–H groups in total. The van der Waals surface area contributed by atoms with E-state index in [0.29, 0.717) is 10.8 Å². The molecule has 0 saturated carbocycles. The van der Waals surface area contributed by atoms with Gasteiger partial charge in [-0.1, -0.05) is 30.3 Å². The highest BCUT2D eigenvalue weighted by molar-refractivity contribution is 6.03. The third kappa shape index (κ3) is 3.44. The van der Waals surface area contributed by atoms with Crippen molar-refractivity contribution in [3.05, 3.63) is 70.4 Å². The van der Waals surface area contributed by atoms with Crippen LogP contribution in [0.3, 0.4) is 0 Å². The zero-order valence-electron chi connectivity index (χ0n) is 13.7. The number of aromatic nitrogens is 2. The fourth-order valence-corrected chi connectivity index (χ4v) is 2.40. The smallest absolute Gasteiger partial charge is 0.359 e. The Labute approximate surface area is 147 Å². The number of nitrogens with one attached hydrogen (secondary N) is 1. The molecule has 0 fully saturated rings. The molecule has 0 aliphatic rings. The fraction of sp³-hybridized carbons (Fsp3) is 0.111. The molecule has 0 atom stereocenters. The second-order valence-electron chi connectivity index (χ2n) is 5.43. The number of nitrogens with zero attached hydrogens (tertiary/aromatic N) is 2. The molecule has 0 aliphatic carbocycles. The van der Waals surface area contributed by atoms with Crippen LogP contribution in [0.25, 0.3) is 10.8 Å². The number of hydrogen-bond donors (Lipinski definition) is 1. The molecule has 0 aliphatic heterocycles. The molecule has 0 bridgehead atoms. The van der Waals surface area contributed by atoms with Crippen LogP contribution >= 0.6 is 0 Å². The van der Waals surface area contributed by atoms with E-state index >= 15 is 0 Å². The summed E-state index contributed by atoms with van der Waals surface area (Å²) in [6.07, 6.45) is 0. The number of rotatable bonds is 4. The number of carbonyl (C=O) groups is 2. The van der Waals surface area contributed by atoms with Crippen LogP contribution < -0.4 is 10.9 Å². The van der Waals surface area contributed by atoms with Gasteiger partial charge in [0, 0.05) is 12.4 Å². The molecule has 1 aromatic heterocycles. The molecule has 2 aromatic carbocycles. The Morgan fingerprint density at radius 1 is 1.12 bits per heavy atom. The highest BCUT2D eigenvalue weighted by Gasteiger charge is 2.18. The first-order valence-electron chi connectivity index (χ1n) is 7.65. The lowest BCUT2D eigenvalue weighted by Crippen LogP contribution is -2.26. The van der Waals surface area contributed by atoms with Crippen LogP contribution in [0.2, 0.25) is 0 Å². The Kier molecular flexibility index (Phi) is 4.74. The topological polar surface area (TPSA) is 90.3 Å². The van der Waals surface area contributed by atoms with E-state index in [0.717, 1.165) is 4.68 Å². The van der Waals surface area contributed by atoms with Crippen LogP contribution in [0, 0.1) is 5.82 Å². The number of anilines is 1. The molecule has 3 aromatic rings. The predicted molar refractivity (Wildman–Crippen MR) is 92.3 cm³/mol. The number of halogens is 1. The van der Waals surface area contributed by atoms with E-state index in [1.807, 2.05) is 0 Å². The van der Waals surface area contributed by atoms with Crippen molar-refractivity contribution in [2.24, 2.45) is 7.05 Å². The normalized spacial score (nSPS) is 10.5. The number of esters is 1. The van der Waals surface area contributed by atoms with Gasteiger partial charge in [-0.2, -0.15) is 5.10 Å². The number of amides is 1. The molecule has 1 amide bonds. The zero-order valence-corrected chi connectivity index (χ0v) is 13.7. The van der Waals surface area contributed by atoms with E-state index < -0.39 is 24.3 Å². The van der Waals surface area contributed by atoms with Crippen molar-refractivity contribution >= 4 is 28.3 Å². The van der Waals surface area contributed by atoms with Crippen LogP contribution in [0.1, 0.15) is 10.5 Å². The summed E-state index contributed by atoms with van der Waals surface area (Å²) in [7, 11) is 1.41. The second kappa shape index (κ2) is 7.14. The lowest BCUT2D eigenvalue weighted by atomic mass is 10.1. The molecule has 0 radical (unpaired) electrons. The summed E-state index contributed by atoms with van der Waals surface area (Å²) < 4.78 is 19.5. The molecule has 26 heavy (non-hydrogen) atoms. The van der Waals surface area contributed by atoms with E-state index in [1.54, 1.807) is 30.3 Å². The summed E-state index contributed by atoms with van der Waals surface area (Å²) in [5.41, 5.74) is -0.449. The number of para-hydroxylation sites is 1. The van der Waals surface area contributed by atoms with Crippen LogP contribution in [-0.4, -0.2) is 28.3 Å². The number of carbonyl (C=O) groups excluding carboxylic acids is 2. The molecule has 0 saturated heterocycles. The molecule has 0 unspecified atom stereocenters. The Bertz CT molecular complexity index is 1060. The molecule has 7 nitrogen and oxygen atoms in total. The third-order valence-corrected chi connectivity index (χ3v) is 3.63. The van der Waals surface area contributed by atoms with Gasteiger partial charge in [-0.15, -0.1) is 0 Å². The zero-order chi connectivity index (χ0) is 18.7. The highest BCUT2D eigenvalue weighted by atomic mass is 19.1. The molecular weight excluding hydrogens is 341 g/mol.